The maximum Gasteiger partial charge on any atom is 0.308 e. The van der Waals surface area contributed by atoms with Crippen molar-refractivity contribution in [2.75, 3.05) is 0 Å². The third-order valence-electron chi connectivity index (χ3n) is 7.08. The normalized spacial score (nSPS) is 21.4. The van der Waals surface area contributed by atoms with E-state index in [4.69, 9.17) is 19.2 Å². The lowest BCUT2D eigenvalue weighted by Gasteiger charge is -2.41. The molecule has 38 heavy (non-hydrogen) atoms. The number of hydrogen-bond donors (Lipinski definition) is 0. The van der Waals surface area contributed by atoms with Crippen LogP contribution in [0.25, 0.3) is 22.0 Å². The van der Waals surface area contributed by atoms with Crippen molar-refractivity contribution in [2.45, 2.75) is 103 Å². The number of pyridine rings is 1. The van der Waals surface area contributed by atoms with Crippen molar-refractivity contribution in [3.63, 3.8) is 0 Å². The Hall–Kier alpha value is -2.83. The van der Waals surface area contributed by atoms with Crippen molar-refractivity contribution in [3.05, 3.63) is 65.6 Å². The van der Waals surface area contributed by atoms with Gasteiger partial charge in [0.2, 0.25) is 0 Å². The highest BCUT2D eigenvalue weighted by Crippen LogP contribution is 2.45. The lowest BCUT2D eigenvalue weighted by Crippen LogP contribution is -2.45. The quantitative estimate of drug-likeness (QED) is 0.303. The van der Waals surface area contributed by atoms with Crippen molar-refractivity contribution >= 4 is 16.9 Å². The van der Waals surface area contributed by atoms with Crippen molar-refractivity contribution in [1.82, 2.24) is 4.98 Å². The van der Waals surface area contributed by atoms with Crippen LogP contribution in [-0.4, -0.2) is 34.5 Å². The number of esters is 1. The smallest absolute Gasteiger partial charge is 0.308 e. The second-order valence-corrected chi connectivity index (χ2v) is 12.1. The lowest BCUT2D eigenvalue weighted by molar-refractivity contribution is -0.300. The molecule has 0 radical (unpaired) electrons. The molecule has 2 aliphatic rings. The number of carbonyl (C=O) groups is 1. The van der Waals surface area contributed by atoms with Gasteiger partial charge in [-0.2, -0.15) is 0 Å². The van der Waals surface area contributed by atoms with Gasteiger partial charge in [-0.3, -0.25) is 9.78 Å². The van der Waals surface area contributed by atoms with Crippen LogP contribution in [0.1, 0.15) is 83.9 Å². The molecule has 1 saturated heterocycles. The molecule has 1 aliphatic carbocycles. The molecule has 202 valence electrons. The van der Waals surface area contributed by atoms with Crippen LogP contribution >= 0.6 is 0 Å². The molecule has 5 nitrogen and oxygen atoms in total. The Kier molecular flexibility index (Phi) is 7.31. The van der Waals surface area contributed by atoms with E-state index >= 15 is 0 Å². The molecule has 2 fully saturated rings. The molecule has 2 atom stereocenters. The minimum Gasteiger partial charge on any atom is -0.460 e. The number of hydrogen-bond acceptors (Lipinski definition) is 5. The topological polar surface area (TPSA) is 57.7 Å². The van der Waals surface area contributed by atoms with Gasteiger partial charge < -0.3 is 14.2 Å². The highest BCUT2D eigenvalue weighted by atomic mass is 19.1. The molecule has 1 aromatic heterocycles. The first-order valence-electron chi connectivity index (χ1n) is 13.7. The molecule has 5 rings (SSSR count). The molecule has 0 spiro atoms. The second-order valence-electron chi connectivity index (χ2n) is 12.1. The minimum atomic E-state index is -0.795. The molecular formula is C32H38FNO4. The predicted molar refractivity (Wildman–Crippen MR) is 146 cm³/mol. The molecule has 3 aromatic rings. The van der Waals surface area contributed by atoms with Crippen LogP contribution in [0.15, 0.2) is 48.5 Å². The molecule has 1 aliphatic heterocycles. The van der Waals surface area contributed by atoms with Crippen LogP contribution in [0.3, 0.4) is 0 Å². The summed E-state index contributed by atoms with van der Waals surface area (Å²) < 4.78 is 31.8. The van der Waals surface area contributed by atoms with Gasteiger partial charge in [0.15, 0.2) is 5.79 Å². The third kappa shape index (κ3) is 6.41. The average Bonchev–Trinajstić information content (AvgIpc) is 3.66. The average molecular weight is 520 g/mol. The number of rotatable bonds is 7. The number of ether oxygens (including phenoxy) is 3. The molecule has 1 saturated carbocycles. The zero-order chi connectivity index (χ0) is 27.1. The van der Waals surface area contributed by atoms with Gasteiger partial charge in [0, 0.05) is 23.4 Å². The zero-order valence-corrected chi connectivity index (χ0v) is 23.1. The van der Waals surface area contributed by atoms with Crippen molar-refractivity contribution in [2.24, 2.45) is 0 Å². The lowest BCUT2D eigenvalue weighted by atomic mass is 9.89. The number of halogens is 1. The highest BCUT2D eigenvalue weighted by molar-refractivity contribution is 5.96. The fourth-order valence-electron chi connectivity index (χ4n) is 5.56. The van der Waals surface area contributed by atoms with Crippen LogP contribution in [-0.2, 0) is 25.4 Å². The van der Waals surface area contributed by atoms with Crippen molar-refractivity contribution in [3.8, 4) is 11.1 Å². The Morgan fingerprint density at radius 1 is 1.05 bits per heavy atom. The SMILES string of the molecule is CC(C)(C)OC(=O)C[C@H]1C[C@@H](CCc2c(C3CC3)nc3ccccc3c2-c2ccc(F)cc2)OC(C)(C)O1. The summed E-state index contributed by atoms with van der Waals surface area (Å²) in [4.78, 5) is 17.6. The first-order chi connectivity index (χ1) is 18.0. The maximum atomic E-state index is 13.8. The summed E-state index contributed by atoms with van der Waals surface area (Å²) in [6, 6.07) is 15.0. The molecule has 6 heteroatoms. The van der Waals surface area contributed by atoms with E-state index in [2.05, 4.69) is 12.1 Å². The number of benzene rings is 2. The van der Waals surface area contributed by atoms with Crippen molar-refractivity contribution < 1.29 is 23.4 Å². The van der Waals surface area contributed by atoms with Gasteiger partial charge in [0.05, 0.1) is 24.1 Å². The summed E-state index contributed by atoms with van der Waals surface area (Å²) in [6.45, 7) is 9.42. The van der Waals surface area contributed by atoms with E-state index in [1.165, 1.54) is 17.7 Å². The second kappa shape index (κ2) is 10.4. The first kappa shape index (κ1) is 26.8. The summed E-state index contributed by atoms with van der Waals surface area (Å²) in [5.74, 6) is -0.839. The van der Waals surface area contributed by atoms with E-state index in [-0.39, 0.29) is 30.4 Å². The van der Waals surface area contributed by atoms with Gasteiger partial charge >= 0.3 is 5.97 Å². The molecule has 0 N–H and O–H groups in total. The Morgan fingerprint density at radius 2 is 1.74 bits per heavy atom. The number of para-hydroxylation sites is 1. The summed E-state index contributed by atoms with van der Waals surface area (Å²) >= 11 is 0. The largest absolute Gasteiger partial charge is 0.460 e. The van der Waals surface area contributed by atoms with Crippen LogP contribution in [0.5, 0.6) is 0 Å². The highest BCUT2D eigenvalue weighted by Gasteiger charge is 2.38. The summed E-state index contributed by atoms with van der Waals surface area (Å²) in [7, 11) is 0. The maximum absolute atomic E-state index is 13.8. The zero-order valence-electron chi connectivity index (χ0n) is 23.1. The Morgan fingerprint density at radius 3 is 2.42 bits per heavy atom. The molecule has 0 unspecified atom stereocenters. The molecular weight excluding hydrogens is 481 g/mol. The standard InChI is InChI=1S/C32H38FNO4/c1-31(2,3)38-28(35)19-24-18-23(36-32(4,5)37-24)16-17-26-29(20-12-14-22(33)15-13-20)25-8-6-7-9-27(25)34-30(26)21-10-11-21/h6-9,12-15,21,23-24H,10-11,16-19H2,1-5H3/t23-,24-/m1/s1. The van der Waals surface area contributed by atoms with E-state index in [0.717, 1.165) is 53.4 Å². The van der Waals surface area contributed by atoms with Crippen LogP contribution in [0.2, 0.25) is 0 Å². The monoisotopic (exact) mass is 519 g/mol. The molecule has 2 aromatic carbocycles. The third-order valence-corrected chi connectivity index (χ3v) is 7.08. The number of nitrogens with zero attached hydrogens (tertiary/aromatic N) is 1. The fourth-order valence-corrected chi connectivity index (χ4v) is 5.56. The molecule has 0 bridgehead atoms. The fraction of sp³-hybridized carbons (Fsp3) is 0.500. The van der Waals surface area contributed by atoms with Crippen LogP contribution in [0.4, 0.5) is 4.39 Å². The van der Waals surface area contributed by atoms with E-state index < -0.39 is 11.4 Å². The number of aromatic nitrogens is 1. The predicted octanol–water partition coefficient (Wildman–Crippen LogP) is 7.49. The van der Waals surface area contributed by atoms with Gasteiger partial charge in [-0.1, -0.05) is 30.3 Å². The van der Waals surface area contributed by atoms with Gasteiger partial charge in [-0.05, 0) is 95.2 Å². The number of carbonyl (C=O) groups excluding carboxylic acids is 1. The van der Waals surface area contributed by atoms with Crippen LogP contribution < -0.4 is 0 Å². The Labute approximate surface area is 224 Å². The van der Waals surface area contributed by atoms with E-state index in [1.807, 2.05) is 58.9 Å². The molecule has 2 heterocycles. The van der Waals surface area contributed by atoms with Crippen molar-refractivity contribution in [1.29, 1.82) is 0 Å². The Balaban J connectivity index is 1.44. The summed E-state index contributed by atoms with van der Waals surface area (Å²) in [5.41, 5.74) is 4.94. The first-order valence-corrected chi connectivity index (χ1v) is 13.7. The minimum absolute atomic E-state index is 0.0780. The van der Waals surface area contributed by atoms with Gasteiger partial charge in [-0.25, -0.2) is 4.39 Å². The Bertz CT molecular complexity index is 1310. The molecule has 0 amide bonds. The van der Waals surface area contributed by atoms with Gasteiger partial charge in [0.1, 0.15) is 11.4 Å². The van der Waals surface area contributed by atoms with E-state index in [0.29, 0.717) is 12.3 Å². The van der Waals surface area contributed by atoms with E-state index in [1.54, 1.807) is 0 Å². The summed E-state index contributed by atoms with van der Waals surface area (Å²) in [5, 5.41) is 1.08. The number of fused-ring (bicyclic) bond motifs is 1. The van der Waals surface area contributed by atoms with Gasteiger partial charge in [-0.15, -0.1) is 0 Å². The van der Waals surface area contributed by atoms with Crippen LogP contribution in [0, 0.1) is 5.82 Å². The summed E-state index contributed by atoms with van der Waals surface area (Å²) in [6.07, 6.45) is 4.29. The van der Waals surface area contributed by atoms with E-state index in [9.17, 15) is 9.18 Å². The van der Waals surface area contributed by atoms with Gasteiger partial charge in [0.25, 0.3) is 0 Å².